The summed E-state index contributed by atoms with van der Waals surface area (Å²) in [6.07, 6.45) is 0.283. The van der Waals surface area contributed by atoms with Gasteiger partial charge in [-0.3, -0.25) is 0 Å². The van der Waals surface area contributed by atoms with Crippen LogP contribution >= 0.6 is 22.7 Å². The van der Waals surface area contributed by atoms with Crippen molar-refractivity contribution in [2.75, 3.05) is 0 Å². The van der Waals surface area contributed by atoms with Crippen LogP contribution in [0, 0.1) is 0 Å². The first-order valence-corrected chi connectivity index (χ1v) is 6.16. The number of thiophene rings is 2. The first kappa shape index (κ1) is 9.90. The SMILES string of the molecule is C=C(C)CC(O)c1cc2sccc2s1. The van der Waals surface area contributed by atoms with Crippen LogP contribution < -0.4 is 0 Å². The summed E-state index contributed by atoms with van der Waals surface area (Å²) in [7, 11) is 0. The highest BCUT2D eigenvalue weighted by molar-refractivity contribution is 7.26. The lowest BCUT2D eigenvalue weighted by Gasteiger charge is -2.06. The van der Waals surface area contributed by atoms with E-state index in [0.29, 0.717) is 6.42 Å². The zero-order valence-corrected chi connectivity index (χ0v) is 9.62. The van der Waals surface area contributed by atoms with Gasteiger partial charge in [0.05, 0.1) is 6.10 Å². The smallest absolute Gasteiger partial charge is 0.0919 e. The molecule has 2 aromatic heterocycles. The van der Waals surface area contributed by atoms with E-state index < -0.39 is 0 Å². The van der Waals surface area contributed by atoms with Crippen molar-refractivity contribution in [1.82, 2.24) is 0 Å². The average Bonchev–Trinajstić information content (AvgIpc) is 2.58. The monoisotopic (exact) mass is 224 g/mol. The maximum Gasteiger partial charge on any atom is 0.0919 e. The van der Waals surface area contributed by atoms with Gasteiger partial charge in [-0.2, -0.15) is 0 Å². The number of aliphatic hydroxyl groups is 1. The Morgan fingerprint density at radius 1 is 1.57 bits per heavy atom. The molecule has 0 bridgehead atoms. The summed E-state index contributed by atoms with van der Waals surface area (Å²) in [6.45, 7) is 5.75. The molecule has 0 aliphatic heterocycles. The Kier molecular flexibility index (Phi) is 2.72. The molecule has 0 aliphatic carbocycles. The van der Waals surface area contributed by atoms with Gasteiger partial charge >= 0.3 is 0 Å². The molecule has 2 rings (SSSR count). The first-order valence-electron chi connectivity index (χ1n) is 4.46. The molecule has 0 fully saturated rings. The molecular weight excluding hydrogens is 212 g/mol. The van der Waals surface area contributed by atoms with Gasteiger partial charge in [0, 0.05) is 14.3 Å². The van der Waals surface area contributed by atoms with Crippen LogP contribution in [0.1, 0.15) is 24.3 Å². The van der Waals surface area contributed by atoms with Crippen LogP contribution in [0.3, 0.4) is 0 Å². The van der Waals surface area contributed by atoms with E-state index in [1.807, 2.05) is 6.92 Å². The quantitative estimate of drug-likeness (QED) is 0.782. The second-order valence-electron chi connectivity index (χ2n) is 3.47. The summed E-state index contributed by atoms with van der Waals surface area (Å²) in [5, 5.41) is 11.9. The number of hydrogen-bond acceptors (Lipinski definition) is 3. The van der Waals surface area contributed by atoms with Crippen LogP contribution in [0.5, 0.6) is 0 Å². The van der Waals surface area contributed by atoms with Crippen LogP contribution in [0.25, 0.3) is 9.40 Å². The summed E-state index contributed by atoms with van der Waals surface area (Å²) < 4.78 is 2.54. The summed E-state index contributed by atoms with van der Waals surface area (Å²) in [6, 6.07) is 4.18. The molecule has 0 spiro atoms. The molecular formula is C11H12OS2. The Hall–Kier alpha value is -0.640. The summed E-state index contributed by atoms with van der Waals surface area (Å²) in [5.74, 6) is 0. The van der Waals surface area contributed by atoms with Crippen LogP contribution in [-0.4, -0.2) is 5.11 Å². The van der Waals surface area contributed by atoms with Crippen molar-refractivity contribution in [2.24, 2.45) is 0 Å². The van der Waals surface area contributed by atoms with Gasteiger partial charge in [0.1, 0.15) is 0 Å². The summed E-state index contributed by atoms with van der Waals surface area (Å²) in [5.41, 5.74) is 1.02. The van der Waals surface area contributed by atoms with E-state index in [4.69, 9.17) is 0 Å². The van der Waals surface area contributed by atoms with Gasteiger partial charge in [-0.15, -0.1) is 29.3 Å². The van der Waals surface area contributed by atoms with Crippen LogP contribution in [-0.2, 0) is 0 Å². The minimum atomic E-state index is -0.378. The van der Waals surface area contributed by atoms with Gasteiger partial charge in [0.2, 0.25) is 0 Å². The van der Waals surface area contributed by atoms with Crippen LogP contribution in [0.15, 0.2) is 29.7 Å². The molecule has 3 heteroatoms. The highest BCUT2D eigenvalue weighted by Crippen LogP contribution is 2.34. The molecule has 1 N–H and O–H groups in total. The van der Waals surface area contributed by atoms with Crippen LogP contribution in [0.4, 0.5) is 0 Å². The number of rotatable bonds is 3. The molecule has 1 nitrogen and oxygen atoms in total. The molecule has 0 aromatic carbocycles. The third-order valence-electron chi connectivity index (χ3n) is 2.03. The largest absolute Gasteiger partial charge is 0.387 e. The molecule has 74 valence electrons. The Morgan fingerprint density at radius 3 is 3.00 bits per heavy atom. The second kappa shape index (κ2) is 3.85. The van der Waals surface area contributed by atoms with Crippen molar-refractivity contribution < 1.29 is 5.11 Å². The Bertz CT molecular complexity index is 424. The normalized spacial score (nSPS) is 13.3. The summed E-state index contributed by atoms with van der Waals surface area (Å²) in [4.78, 5) is 1.05. The van der Waals surface area contributed by atoms with Gasteiger partial charge < -0.3 is 5.11 Å². The second-order valence-corrected chi connectivity index (χ2v) is 5.54. The molecule has 2 heterocycles. The topological polar surface area (TPSA) is 20.2 Å². The fraction of sp³-hybridized carbons (Fsp3) is 0.273. The van der Waals surface area contributed by atoms with Gasteiger partial charge in [-0.1, -0.05) is 5.57 Å². The van der Waals surface area contributed by atoms with Crippen molar-refractivity contribution in [3.63, 3.8) is 0 Å². The van der Waals surface area contributed by atoms with Crippen molar-refractivity contribution >= 4 is 32.1 Å². The third-order valence-corrected chi connectivity index (χ3v) is 4.22. The molecule has 0 amide bonds. The number of aliphatic hydroxyl groups excluding tert-OH is 1. The van der Waals surface area contributed by atoms with Crippen molar-refractivity contribution in [3.8, 4) is 0 Å². The van der Waals surface area contributed by atoms with E-state index in [9.17, 15) is 5.11 Å². The molecule has 2 aromatic rings. The molecule has 1 unspecified atom stereocenters. The number of fused-ring (bicyclic) bond motifs is 1. The van der Waals surface area contributed by atoms with E-state index in [0.717, 1.165) is 10.5 Å². The highest BCUT2D eigenvalue weighted by atomic mass is 32.1. The molecule has 0 saturated carbocycles. The maximum absolute atomic E-state index is 9.86. The van der Waals surface area contributed by atoms with E-state index in [1.54, 1.807) is 22.7 Å². The Morgan fingerprint density at radius 2 is 2.36 bits per heavy atom. The first-order chi connectivity index (χ1) is 6.66. The zero-order valence-electron chi connectivity index (χ0n) is 7.99. The van der Waals surface area contributed by atoms with Gasteiger partial charge in [0.15, 0.2) is 0 Å². The van der Waals surface area contributed by atoms with E-state index >= 15 is 0 Å². The van der Waals surface area contributed by atoms with Crippen molar-refractivity contribution in [3.05, 3.63) is 34.5 Å². The highest BCUT2D eigenvalue weighted by Gasteiger charge is 2.11. The van der Waals surface area contributed by atoms with Gasteiger partial charge in [0.25, 0.3) is 0 Å². The fourth-order valence-corrected chi connectivity index (χ4v) is 3.49. The van der Waals surface area contributed by atoms with Gasteiger partial charge in [-0.05, 0) is 30.9 Å². The standard InChI is InChI=1S/C11H12OS2/c1-7(2)5-8(12)10-6-11-9(14-10)3-4-13-11/h3-4,6,8,12H,1,5H2,2H3. The lowest BCUT2D eigenvalue weighted by Crippen LogP contribution is -1.93. The maximum atomic E-state index is 9.86. The van der Waals surface area contributed by atoms with Crippen molar-refractivity contribution in [2.45, 2.75) is 19.4 Å². The lowest BCUT2D eigenvalue weighted by atomic mass is 10.1. The van der Waals surface area contributed by atoms with E-state index in [1.165, 1.54) is 9.40 Å². The van der Waals surface area contributed by atoms with Crippen LogP contribution in [0.2, 0.25) is 0 Å². The van der Waals surface area contributed by atoms with E-state index in [-0.39, 0.29) is 6.10 Å². The summed E-state index contributed by atoms with van der Waals surface area (Å²) >= 11 is 3.39. The molecule has 1 atom stereocenters. The zero-order chi connectivity index (χ0) is 10.1. The molecule has 14 heavy (non-hydrogen) atoms. The minimum Gasteiger partial charge on any atom is -0.387 e. The predicted octanol–water partition coefficient (Wildman–Crippen LogP) is 3.96. The minimum absolute atomic E-state index is 0.378. The van der Waals surface area contributed by atoms with Crippen molar-refractivity contribution in [1.29, 1.82) is 0 Å². The Balaban J connectivity index is 2.25. The fourth-order valence-electron chi connectivity index (χ4n) is 1.38. The average molecular weight is 224 g/mol. The molecule has 0 saturated heterocycles. The number of hydrogen-bond donors (Lipinski definition) is 1. The molecule has 0 aliphatic rings. The van der Waals surface area contributed by atoms with Gasteiger partial charge in [-0.25, -0.2) is 0 Å². The molecule has 0 radical (unpaired) electrons. The Labute approximate surface area is 91.3 Å². The third kappa shape index (κ3) is 1.90. The lowest BCUT2D eigenvalue weighted by molar-refractivity contribution is 0.182. The predicted molar refractivity (Wildman–Crippen MR) is 64.1 cm³/mol. The van der Waals surface area contributed by atoms with E-state index in [2.05, 4.69) is 24.1 Å².